The highest BCUT2D eigenvalue weighted by Crippen LogP contribution is 2.37. The average molecular weight is 257 g/mol. The van der Waals surface area contributed by atoms with Gasteiger partial charge in [0, 0.05) is 4.11 Å². The molecule has 0 saturated heterocycles. The zero-order chi connectivity index (χ0) is 16.9. The molecule has 0 heteroatoms. The average Bonchev–Trinajstić information content (AvgIpc) is 2.36. The van der Waals surface area contributed by atoms with Crippen molar-refractivity contribution < 1.29 is 4.11 Å². The van der Waals surface area contributed by atoms with Crippen molar-refractivity contribution in [3.63, 3.8) is 0 Å². The van der Waals surface area contributed by atoms with Crippen LogP contribution in [-0.2, 0) is 10.8 Å². The number of aryl methyl sites for hydroxylation is 1. The van der Waals surface area contributed by atoms with Gasteiger partial charge < -0.3 is 0 Å². The van der Waals surface area contributed by atoms with Gasteiger partial charge in [-0.25, -0.2) is 0 Å². The molecule has 0 saturated carbocycles. The number of hydrogen-bond donors (Lipinski definition) is 0. The van der Waals surface area contributed by atoms with Crippen LogP contribution in [0.25, 0.3) is 10.8 Å². The smallest absolute Gasteiger partial charge is 0.0239 e. The topological polar surface area (TPSA) is 0 Å². The summed E-state index contributed by atoms with van der Waals surface area (Å²) in [6, 6.07) is 10.3. The van der Waals surface area contributed by atoms with Crippen molar-refractivity contribution in [2.24, 2.45) is 0 Å². The second-order valence-corrected chi connectivity index (χ2v) is 7.02. The Morgan fingerprint density at radius 2 is 1.42 bits per heavy atom. The highest BCUT2D eigenvalue weighted by Gasteiger charge is 2.24. The first-order valence-corrected chi connectivity index (χ1v) is 6.90. The van der Waals surface area contributed by atoms with E-state index in [-0.39, 0.29) is 5.41 Å². The maximum absolute atomic E-state index is 7.96. The number of benzene rings is 2. The third kappa shape index (κ3) is 2.54. The zero-order valence-electron chi connectivity index (χ0n) is 15.9. The molecule has 0 radical (unpaired) electrons. The van der Waals surface area contributed by atoms with Crippen molar-refractivity contribution in [1.82, 2.24) is 0 Å². The van der Waals surface area contributed by atoms with Gasteiger partial charge in [-0.15, -0.1) is 0 Å². The van der Waals surface area contributed by atoms with Gasteiger partial charge >= 0.3 is 0 Å². The molecular weight excluding hydrogens is 228 g/mol. The predicted octanol–water partition coefficient (Wildman–Crippen LogP) is 5.74. The molecule has 0 fully saturated rings. The van der Waals surface area contributed by atoms with Crippen molar-refractivity contribution in [3.05, 3.63) is 47.0 Å². The van der Waals surface area contributed by atoms with E-state index in [1.165, 1.54) is 11.1 Å². The molecule has 0 nitrogen and oxygen atoms in total. The molecule has 0 unspecified atom stereocenters. The van der Waals surface area contributed by atoms with Crippen LogP contribution in [-0.4, -0.2) is 0 Å². The maximum atomic E-state index is 7.96. The van der Waals surface area contributed by atoms with Crippen LogP contribution >= 0.6 is 0 Å². The van der Waals surface area contributed by atoms with E-state index < -0.39 is 12.3 Å². The molecule has 0 aliphatic rings. The van der Waals surface area contributed by atoms with Gasteiger partial charge in [0.15, 0.2) is 0 Å². The number of fused-ring (bicyclic) bond motifs is 1. The highest BCUT2D eigenvalue weighted by atomic mass is 14.3. The van der Waals surface area contributed by atoms with Gasteiger partial charge in [-0.3, -0.25) is 0 Å². The van der Waals surface area contributed by atoms with Crippen molar-refractivity contribution in [1.29, 1.82) is 0 Å². The van der Waals surface area contributed by atoms with Gasteiger partial charge in [-0.2, -0.15) is 0 Å². The first kappa shape index (κ1) is 10.5. The van der Waals surface area contributed by atoms with Crippen LogP contribution in [0.5, 0.6) is 0 Å². The molecule has 102 valence electrons. The summed E-state index contributed by atoms with van der Waals surface area (Å²) in [7, 11) is 0. The first-order valence-electron chi connectivity index (χ1n) is 8.40. The zero-order valence-corrected chi connectivity index (χ0v) is 12.9. The summed E-state index contributed by atoms with van der Waals surface area (Å²) in [4.78, 5) is 0. The third-order valence-corrected chi connectivity index (χ3v) is 3.80. The molecule has 2 rings (SSSR count). The summed E-state index contributed by atoms with van der Waals surface area (Å²) < 4.78 is 23.9. The quantitative estimate of drug-likeness (QED) is 0.564. The fourth-order valence-corrected chi connectivity index (χ4v) is 2.82. The van der Waals surface area contributed by atoms with Crippen LogP contribution < -0.4 is 0 Å². The third-order valence-electron chi connectivity index (χ3n) is 3.80. The molecule has 0 aliphatic heterocycles. The lowest BCUT2D eigenvalue weighted by Crippen LogP contribution is -2.18. The molecule has 19 heavy (non-hydrogen) atoms. The predicted molar refractivity (Wildman–Crippen MR) is 86.1 cm³/mol. The van der Waals surface area contributed by atoms with E-state index >= 15 is 0 Å². The summed E-state index contributed by atoms with van der Waals surface area (Å²) >= 11 is 0. The summed E-state index contributed by atoms with van der Waals surface area (Å²) in [5, 5.41) is 2.20. The Morgan fingerprint density at radius 1 is 0.842 bits per heavy atom. The van der Waals surface area contributed by atoms with Crippen molar-refractivity contribution in [3.8, 4) is 0 Å². The molecule has 0 bridgehead atoms. The minimum Gasteiger partial charge on any atom is -0.0616 e. The standard InChI is InChI=1S/C19H26/c1-13-14-10-8-9-11-15(14)17(19(5,6)7)12-16(13)18(2,3)4/h8-12H,1-7H3/i5D3. The summed E-state index contributed by atoms with van der Waals surface area (Å²) in [6.45, 7) is 10.3. The Morgan fingerprint density at radius 3 is 1.95 bits per heavy atom. The molecule has 2 aromatic rings. The molecular formula is C19H26. The summed E-state index contributed by atoms with van der Waals surface area (Å²) in [5.41, 5.74) is 2.47. The monoisotopic (exact) mass is 257 g/mol. The van der Waals surface area contributed by atoms with Crippen LogP contribution in [0.2, 0.25) is 0 Å². The fraction of sp³-hybridized carbons (Fsp3) is 0.474. The lowest BCUT2D eigenvalue weighted by atomic mass is 9.76. The van der Waals surface area contributed by atoms with Crippen molar-refractivity contribution in [2.75, 3.05) is 0 Å². The van der Waals surface area contributed by atoms with Crippen LogP contribution in [0.4, 0.5) is 0 Å². The van der Waals surface area contributed by atoms with Crippen LogP contribution in [0, 0.1) is 6.92 Å². The Hall–Kier alpha value is -1.30. The van der Waals surface area contributed by atoms with E-state index in [9.17, 15) is 0 Å². The molecule has 2 aromatic carbocycles. The Balaban J connectivity index is 2.94. The van der Waals surface area contributed by atoms with Crippen LogP contribution in [0.3, 0.4) is 0 Å². The van der Waals surface area contributed by atoms with Gasteiger partial charge in [0.1, 0.15) is 0 Å². The summed E-state index contributed by atoms with van der Waals surface area (Å²) in [6.07, 6.45) is 0. The first-order chi connectivity index (χ1) is 9.87. The van der Waals surface area contributed by atoms with Crippen LogP contribution in [0.1, 0.15) is 62.3 Å². The lowest BCUT2D eigenvalue weighted by molar-refractivity contribution is 0.570. The highest BCUT2D eigenvalue weighted by molar-refractivity contribution is 5.90. The van der Waals surface area contributed by atoms with E-state index in [0.717, 1.165) is 16.3 Å². The van der Waals surface area contributed by atoms with E-state index in [1.54, 1.807) is 0 Å². The van der Waals surface area contributed by atoms with Crippen molar-refractivity contribution in [2.45, 2.75) is 59.2 Å². The molecule has 0 amide bonds. The Kier molecular flexibility index (Phi) is 2.41. The fourth-order valence-electron chi connectivity index (χ4n) is 2.82. The normalized spacial score (nSPS) is 16.0. The molecule has 0 aromatic heterocycles. The van der Waals surface area contributed by atoms with Gasteiger partial charge in [-0.05, 0) is 45.2 Å². The maximum Gasteiger partial charge on any atom is 0.0239 e. The number of rotatable bonds is 0. The SMILES string of the molecule is [2H]C([2H])([2H])C(C)(C)c1cc(C(C)(C)C)c(C)c2ccccc12. The molecule has 0 aliphatic carbocycles. The molecule has 0 heterocycles. The van der Waals surface area contributed by atoms with E-state index in [0.29, 0.717) is 0 Å². The van der Waals surface area contributed by atoms with Gasteiger partial charge in [0.2, 0.25) is 0 Å². The van der Waals surface area contributed by atoms with Gasteiger partial charge in [0.05, 0.1) is 0 Å². The molecule has 0 atom stereocenters. The molecule has 0 N–H and O–H groups in total. The van der Waals surface area contributed by atoms with Gasteiger partial charge in [-0.1, -0.05) is 71.8 Å². The molecule has 0 spiro atoms. The van der Waals surface area contributed by atoms with Crippen molar-refractivity contribution >= 4 is 10.8 Å². The second-order valence-electron chi connectivity index (χ2n) is 7.02. The minimum atomic E-state index is -2.04. The second kappa shape index (κ2) is 4.37. The lowest BCUT2D eigenvalue weighted by Gasteiger charge is -2.29. The van der Waals surface area contributed by atoms with E-state index in [2.05, 4.69) is 39.8 Å². The number of hydrogen-bond acceptors (Lipinski definition) is 0. The van der Waals surface area contributed by atoms with Gasteiger partial charge in [0.25, 0.3) is 0 Å². The van der Waals surface area contributed by atoms with Crippen LogP contribution in [0.15, 0.2) is 30.3 Å². The van der Waals surface area contributed by atoms with E-state index in [1.807, 2.05) is 32.0 Å². The Bertz CT molecular complexity index is 701. The summed E-state index contributed by atoms with van der Waals surface area (Å²) in [5.74, 6) is 0. The minimum absolute atomic E-state index is 0.0202. The largest absolute Gasteiger partial charge is 0.0616 e. The van der Waals surface area contributed by atoms with E-state index in [4.69, 9.17) is 4.11 Å². The Labute approximate surface area is 122 Å².